The molecule has 0 spiro atoms. The minimum absolute atomic E-state index is 0.178. The molecule has 0 radical (unpaired) electrons. The van der Waals surface area contributed by atoms with Crippen molar-refractivity contribution < 1.29 is 4.74 Å². The van der Waals surface area contributed by atoms with Crippen molar-refractivity contribution in [2.45, 2.75) is 52.1 Å². The summed E-state index contributed by atoms with van der Waals surface area (Å²) in [6, 6.07) is 0. The molecule has 0 aliphatic carbocycles. The number of rotatable bonds is 6. The molecule has 0 N–H and O–H groups in total. The Morgan fingerprint density at radius 1 is 1.47 bits per heavy atom. The van der Waals surface area contributed by atoms with Crippen LogP contribution in [-0.4, -0.2) is 12.7 Å². The average Bonchev–Trinajstić information content (AvgIpc) is 2.63. The molecule has 0 saturated carbocycles. The summed E-state index contributed by atoms with van der Waals surface area (Å²) >= 11 is 0. The van der Waals surface area contributed by atoms with Crippen LogP contribution in [0, 0.1) is 0 Å². The van der Waals surface area contributed by atoms with Gasteiger partial charge in [0.2, 0.25) is 0 Å². The average molecular weight is 206 g/mol. The summed E-state index contributed by atoms with van der Waals surface area (Å²) in [5.74, 6) is 0. The molecule has 15 heavy (non-hydrogen) atoms. The molecular weight excluding hydrogens is 184 g/mol. The molecule has 0 fully saturated rings. The molecule has 1 atom stereocenters. The fourth-order valence-electron chi connectivity index (χ4n) is 1.62. The van der Waals surface area contributed by atoms with E-state index in [9.17, 15) is 0 Å². The van der Waals surface area contributed by atoms with Gasteiger partial charge in [0.25, 0.3) is 0 Å². The van der Waals surface area contributed by atoms with Crippen molar-refractivity contribution in [1.82, 2.24) is 0 Å². The van der Waals surface area contributed by atoms with Crippen LogP contribution in [0.1, 0.15) is 46.0 Å². The lowest BCUT2D eigenvalue weighted by Gasteiger charge is -2.02. The largest absolute Gasteiger partial charge is 0.365 e. The lowest BCUT2D eigenvalue weighted by atomic mass is 10.1. The predicted octanol–water partition coefficient (Wildman–Crippen LogP) is 4.01. The van der Waals surface area contributed by atoms with Gasteiger partial charge in [-0.1, -0.05) is 32.3 Å². The fourth-order valence-corrected chi connectivity index (χ4v) is 1.62. The Kier molecular flexibility index (Phi) is 6.15. The third kappa shape index (κ3) is 5.01. The van der Waals surface area contributed by atoms with E-state index in [0.29, 0.717) is 0 Å². The minimum Gasteiger partial charge on any atom is -0.365 e. The van der Waals surface area contributed by atoms with Crippen LogP contribution in [0.5, 0.6) is 0 Å². The molecule has 0 amide bonds. The number of ether oxygens (including phenoxy) is 1. The molecule has 1 nitrogen and oxygen atoms in total. The first kappa shape index (κ1) is 12.3. The second kappa shape index (κ2) is 7.50. The highest BCUT2D eigenvalue weighted by Crippen LogP contribution is 2.13. The van der Waals surface area contributed by atoms with Crippen LogP contribution >= 0.6 is 0 Å². The quantitative estimate of drug-likeness (QED) is 0.362. The molecule has 84 valence electrons. The van der Waals surface area contributed by atoms with Gasteiger partial charge in [0.1, 0.15) is 6.10 Å². The maximum atomic E-state index is 5.48. The maximum Gasteiger partial charge on any atom is 0.104 e. The van der Waals surface area contributed by atoms with Crippen molar-refractivity contribution in [2.75, 3.05) is 6.61 Å². The van der Waals surface area contributed by atoms with E-state index in [0.717, 1.165) is 13.0 Å². The van der Waals surface area contributed by atoms with Gasteiger partial charge in [0, 0.05) is 0 Å². The third-order valence-electron chi connectivity index (χ3n) is 2.70. The monoisotopic (exact) mass is 206 g/mol. The summed E-state index contributed by atoms with van der Waals surface area (Å²) < 4.78 is 5.48. The van der Waals surface area contributed by atoms with Crippen LogP contribution in [0.25, 0.3) is 0 Å². The second-order valence-corrected chi connectivity index (χ2v) is 4.09. The third-order valence-corrected chi connectivity index (χ3v) is 2.70. The SMILES string of the molecule is CCCCCCC=C=CC1OCC=C1C. The topological polar surface area (TPSA) is 9.23 Å². The van der Waals surface area contributed by atoms with E-state index in [1.165, 1.54) is 31.3 Å². The van der Waals surface area contributed by atoms with E-state index in [4.69, 9.17) is 4.74 Å². The molecule has 1 heterocycles. The Balaban J connectivity index is 2.14. The fraction of sp³-hybridized carbons (Fsp3) is 0.643. The number of unbranched alkanes of at least 4 members (excludes halogenated alkanes) is 4. The number of hydrogen-bond acceptors (Lipinski definition) is 1. The molecule has 1 aliphatic rings. The summed E-state index contributed by atoms with van der Waals surface area (Å²) in [4.78, 5) is 0. The van der Waals surface area contributed by atoms with Crippen LogP contribution in [0.2, 0.25) is 0 Å². The summed E-state index contributed by atoms with van der Waals surface area (Å²) in [5, 5.41) is 0. The summed E-state index contributed by atoms with van der Waals surface area (Å²) in [5.41, 5.74) is 4.53. The molecule has 0 aromatic rings. The highest BCUT2D eigenvalue weighted by atomic mass is 16.5. The zero-order valence-electron chi connectivity index (χ0n) is 9.96. The first-order valence-corrected chi connectivity index (χ1v) is 6.04. The highest BCUT2D eigenvalue weighted by molar-refractivity contribution is 5.17. The maximum absolute atomic E-state index is 5.48. The van der Waals surface area contributed by atoms with Crippen LogP contribution in [0.3, 0.4) is 0 Å². The zero-order valence-corrected chi connectivity index (χ0v) is 9.96. The van der Waals surface area contributed by atoms with Gasteiger partial charge in [-0.05, 0) is 37.5 Å². The molecular formula is C14H22O. The van der Waals surface area contributed by atoms with Crippen LogP contribution in [0.15, 0.2) is 29.5 Å². The molecule has 1 aliphatic heterocycles. The molecule has 1 heteroatoms. The Hall–Kier alpha value is -0.780. The van der Waals surface area contributed by atoms with Crippen molar-refractivity contribution in [3.8, 4) is 0 Å². The summed E-state index contributed by atoms with van der Waals surface area (Å²) in [6.45, 7) is 5.10. The normalized spacial score (nSPS) is 19.6. The highest BCUT2D eigenvalue weighted by Gasteiger charge is 2.11. The van der Waals surface area contributed by atoms with Gasteiger partial charge in [-0.2, -0.15) is 0 Å². The zero-order chi connectivity index (χ0) is 10.9. The van der Waals surface area contributed by atoms with E-state index in [-0.39, 0.29) is 6.10 Å². The summed E-state index contributed by atoms with van der Waals surface area (Å²) in [7, 11) is 0. The molecule has 0 aromatic carbocycles. The van der Waals surface area contributed by atoms with E-state index < -0.39 is 0 Å². The van der Waals surface area contributed by atoms with E-state index in [2.05, 4.69) is 31.7 Å². The molecule has 0 aromatic heterocycles. The molecule has 1 rings (SSSR count). The minimum atomic E-state index is 0.178. The Morgan fingerprint density at radius 3 is 3.00 bits per heavy atom. The smallest absolute Gasteiger partial charge is 0.104 e. The van der Waals surface area contributed by atoms with Crippen molar-refractivity contribution in [2.24, 2.45) is 0 Å². The predicted molar refractivity (Wildman–Crippen MR) is 64.9 cm³/mol. The van der Waals surface area contributed by atoms with E-state index >= 15 is 0 Å². The van der Waals surface area contributed by atoms with E-state index in [1.54, 1.807) is 0 Å². The van der Waals surface area contributed by atoms with Gasteiger partial charge in [-0.25, -0.2) is 0 Å². The van der Waals surface area contributed by atoms with Gasteiger partial charge < -0.3 is 4.74 Å². The molecule has 0 saturated heterocycles. The van der Waals surface area contributed by atoms with Gasteiger partial charge >= 0.3 is 0 Å². The Morgan fingerprint density at radius 2 is 2.33 bits per heavy atom. The Labute approximate surface area is 93.5 Å². The first-order valence-electron chi connectivity index (χ1n) is 6.04. The van der Waals surface area contributed by atoms with Gasteiger partial charge in [0.05, 0.1) is 6.61 Å². The molecule has 1 unspecified atom stereocenters. The first-order chi connectivity index (χ1) is 7.34. The van der Waals surface area contributed by atoms with Crippen molar-refractivity contribution in [3.63, 3.8) is 0 Å². The van der Waals surface area contributed by atoms with Crippen molar-refractivity contribution >= 4 is 0 Å². The lowest BCUT2D eigenvalue weighted by Crippen LogP contribution is -2.02. The van der Waals surface area contributed by atoms with Crippen LogP contribution in [-0.2, 0) is 4.74 Å². The summed E-state index contributed by atoms with van der Waals surface area (Å²) in [6.07, 6.45) is 12.9. The lowest BCUT2D eigenvalue weighted by molar-refractivity contribution is 0.156. The van der Waals surface area contributed by atoms with Crippen LogP contribution < -0.4 is 0 Å². The van der Waals surface area contributed by atoms with Crippen LogP contribution in [0.4, 0.5) is 0 Å². The van der Waals surface area contributed by atoms with Gasteiger partial charge in [-0.3, -0.25) is 0 Å². The van der Waals surface area contributed by atoms with E-state index in [1.807, 2.05) is 6.08 Å². The number of hydrogen-bond donors (Lipinski definition) is 0. The van der Waals surface area contributed by atoms with Crippen molar-refractivity contribution in [3.05, 3.63) is 29.5 Å². The Bertz CT molecular complexity index is 257. The van der Waals surface area contributed by atoms with Gasteiger partial charge in [-0.15, -0.1) is 5.73 Å². The van der Waals surface area contributed by atoms with Gasteiger partial charge in [0.15, 0.2) is 0 Å². The second-order valence-electron chi connectivity index (χ2n) is 4.09. The van der Waals surface area contributed by atoms with Crippen molar-refractivity contribution in [1.29, 1.82) is 0 Å². The molecule has 0 bridgehead atoms. The standard InChI is InChI=1S/C14H22O/c1-3-4-5-6-7-8-9-10-14-13(2)11-12-15-14/h8,10-11,14H,3-7,12H2,1-2H3.